The van der Waals surface area contributed by atoms with Crippen molar-refractivity contribution in [1.29, 1.82) is 0 Å². The van der Waals surface area contributed by atoms with Crippen LogP contribution in [0.2, 0.25) is 0 Å². The van der Waals surface area contributed by atoms with E-state index in [1.807, 2.05) is 17.5 Å². The summed E-state index contributed by atoms with van der Waals surface area (Å²) in [7, 11) is 0. The number of thiazole rings is 1. The summed E-state index contributed by atoms with van der Waals surface area (Å²) in [5.41, 5.74) is 6.32. The normalized spacial score (nSPS) is 12.5. The summed E-state index contributed by atoms with van der Waals surface area (Å²) >= 11 is 2.97. The summed E-state index contributed by atoms with van der Waals surface area (Å²) in [6.07, 6.45) is 1.61. The number of rotatable bonds is 6. The average Bonchev–Trinajstić information content (AvgIpc) is 2.98. The zero-order chi connectivity index (χ0) is 13.0. The van der Waals surface area contributed by atoms with Crippen LogP contribution < -0.4 is 5.73 Å². The van der Waals surface area contributed by atoms with Crippen molar-refractivity contribution in [3.05, 3.63) is 29.5 Å². The van der Waals surface area contributed by atoms with Gasteiger partial charge in [-0.2, -0.15) is 11.8 Å². The Morgan fingerprint density at radius 2 is 2.50 bits per heavy atom. The zero-order valence-electron chi connectivity index (χ0n) is 9.41. The molecule has 0 aliphatic rings. The van der Waals surface area contributed by atoms with Crippen molar-refractivity contribution in [1.82, 2.24) is 4.98 Å². The first kappa shape index (κ1) is 13.1. The third kappa shape index (κ3) is 3.34. The average molecular weight is 284 g/mol. The van der Waals surface area contributed by atoms with E-state index >= 15 is 0 Å². The number of hydrogen-bond donors (Lipinski definition) is 2. The highest BCUT2D eigenvalue weighted by Gasteiger charge is 2.12. The number of carboxylic acids is 1. The third-order valence-corrected chi connectivity index (χ3v) is 4.15. The molecule has 0 fully saturated rings. The lowest BCUT2D eigenvalue weighted by Gasteiger charge is -2.03. The van der Waals surface area contributed by atoms with Gasteiger partial charge in [0, 0.05) is 16.9 Å². The van der Waals surface area contributed by atoms with Crippen LogP contribution in [0.4, 0.5) is 0 Å². The molecule has 2 aromatic rings. The van der Waals surface area contributed by atoms with E-state index < -0.39 is 12.0 Å². The Hall–Kier alpha value is -1.31. The van der Waals surface area contributed by atoms with Gasteiger partial charge in [0.05, 0.1) is 12.0 Å². The van der Waals surface area contributed by atoms with Gasteiger partial charge in [-0.3, -0.25) is 4.79 Å². The van der Waals surface area contributed by atoms with Crippen molar-refractivity contribution in [2.75, 3.05) is 5.75 Å². The fourth-order valence-corrected chi connectivity index (χ4v) is 3.01. The van der Waals surface area contributed by atoms with E-state index in [1.165, 1.54) is 23.1 Å². The highest BCUT2D eigenvalue weighted by Crippen LogP contribution is 2.25. The predicted octanol–water partition coefficient (Wildman–Crippen LogP) is 2.05. The molecule has 0 aromatic carbocycles. The first-order valence-corrected chi connectivity index (χ1v) is 7.24. The van der Waals surface area contributed by atoms with Crippen LogP contribution in [0.1, 0.15) is 5.69 Å². The van der Waals surface area contributed by atoms with Crippen molar-refractivity contribution < 1.29 is 14.3 Å². The molecule has 0 spiro atoms. The van der Waals surface area contributed by atoms with Crippen molar-refractivity contribution in [2.45, 2.75) is 11.8 Å². The number of thioether (sulfide) groups is 1. The van der Waals surface area contributed by atoms with Gasteiger partial charge in [0.1, 0.15) is 6.04 Å². The van der Waals surface area contributed by atoms with Crippen LogP contribution in [0.25, 0.3) is 10.8 Å². The van der Waals surface area contributed by atoms with Gasteiger partial charge in [0.25, 0.3) is 0 Å². The van der Waals surface area contributed by atoms with E-state index in [0.717, 1.165) is 16.5 Å². The summed E-state index contributed by atoms with van der Waals surface area (Å²) in [5.74, 6) is 0.803. The quantitative estimate of drug-likeness (QED) is 0.844. The number of furan rings is 1. The first-order valence-electron chi connectivity index (χ1n) is 5.21. The Morgan fingerprint density at radius 3 is 3.17 bits per heavy atom. The second-order valence-corrected chi connectivity index (χ2v) is 5.47. The van der Waals surface area contributed by atoms with Gasteiger partial charge in [-0.05, 0) is 12.1 Å². The second kappa shape index (κ2) is 6.03. The van der Waals surface area contributed by atoms with Crippen molar-refractivity contribution in [3.63, 3.8) is 0 Å². The molecule has 7 heteroatoms. The van der Waals surface area contributed by atoms with E-state index in [4.69, 9.17) is 15.3 Å². The zero-order valence-corrected chi connectivity index (χ0v) is 11.0. The van der Waals surface area contributed by atoms with Crippen LogP contribution in [0.15, 0.2) is 28.2 Å². The molecule has 1 atom stereocenters. The van der Waals surface area contributed by atoms with Crippen molar-refractivity contribution in [3.8, 4) is 10.8 Å². The number of aliphatic carboxylic acids is 1. The Balaban J connectivity index is 1.86. The molecule has 0 unspecified atom stereocenters. The minimum atomic E-state index is -0.975. The maximum Gasteiger partial charge on any atom is 0.321 e. The van der Waals surface area contributed by atoms with E-state index in [0.29, 0.717) is 11.5 Å². The molecule has 0 saturated heterocycles. The van der Waals surface area contributed by atoms with Crippen LogP contribution in [0.3, 0.4) is 0 Å². The highest BCUT2D eigenvalue weighted by atomic mass is 32.2. The number of nitrogens with two attached hydrogens (primary N) is 1. The van der Waals surface area contributed by atoms with Crippen LogP contribution in [0, 0.1) is 0 Å². The number of hydrogen-bond acceptors (Lipinski definition) is 6. The minimum absolute atomic E-state index is 0.378. The molecule has 0 bridgehead atoms. The molecular weight excluding hydrogens is 272 g/mol. The maximum atomic E-state index is 10.5. The molecule has 0 amide bonds. The highest BCUT2D eigenvalue weighted by molar-refractivity contribution is 7.98. The largest absolute Gasteiger partial charge is 0.480 e. The molecule has 0 aliphatic carbocycles. The van der Waals surface area contributed by atoms with Gasteiger partial charge < -0.3 is 15.3 Å². The van der Waals surface area contributed by atoms with E-state index in [2.05, 4.69) is 4.98 Å². The molecule has 2 heterocycles. The summed E-state index contributed by atoms with van der Waals surface area (Å²) in [5, 5.41) is 11.4. The molecule has 3 N–H and O–H groups in total. The summed E-state index contributed by atoms with van der Waals surface area (Å²) < 4.78 is 5.25. The van der Waals surface area contributed by atoms with Crippen molar-refractivity contribution >= 4 is 29.1 Å². The minimum Gasteiger partial charge on any atom is -0.480 e. The number of aromatic nitrogens is 1. The van der Waals surface area contributed by atoms with Gasteiger partial charge >= 0.3 is 5.97 Å². The summed E-state index contributed by atoms with van der Waals surface area (Å²) in [6.45, 7) is 0. The standard InChI is InChI=1S/C11H12N2O3S2/c12-8(11(14)15)6-17-4-7-5-18-10(13-7)9-2-1-3-16-9/h1-3,5,8H,4,6,12H2,(H,14,15)/t8-/m1/s1. The maximum absolute atomic E-state index is 10.5. The van der Waals surface area contributed by atoms with E-state index in [1.54, 1.807) is 6.26 Å². The SMILES string of the molecule is N[C@H](CSCc1csc(-c2ccco2)n1)C(=O)O. The molecule has 2 rings (SSSR count). The van der Waals surface area contributed by atoms with E-state index in [-0.39, 0.29) is 0 Å². The summed E-state index contributed by atoms with van der Waals surface area (Å²) in [6, 6.07) is 2.85. The fraction of sp³-hybridized carbons (Fsp3) is 0.273. The molecule has 0 aliphatic heterocycles. The Labute approximate surface area is 112 Å². The summed E-state index contributed by atoms with van der Waals surface area (Å²) in [4.78, 5) is 14.9. The van der Waals surface area contributed by atoms with Gasteiger partial charge in [0.15, 0.2) is 10.8 Å². The predicted molar refractivity (Wildman–Crippen MR) is 71.6 cm³/mol. The topological polar surface area (TPSA) is 89.4 Å². The monoisotopic (exact) mass is 284 g/mol. The van der Waals surface area contributed by atoms with Gasteiger partial charge in [-0.25, -0.2) is 4.98 Å². The number of nitrogens with zero attached hydrogens (tertiary/aromatic N) is 1. The number of carboxylic acid groups (broad SMARTS) is 1. The first-order chi connectivity index (χ1) is 8.66. The van der Waals surface area contributed by atoms with Crippen molar-refractivity contribution in [2.24, 2.45) is 5.73 Å². The third-order valence-electron chi connectivity index (χ3n) is 2.15. The lowest BCUT2D eigenvalue weighted by Crippen LogP contribution is -2.32. The van der Waals surface area contributed by atoms with E-state index in [9.17, 15) is 4.79 Å². The number of carbonyl (C=O) groups is 1. The molecule has 18 heavy (non-hydrogen) atoms. The molecule has 5 nitrogen and oxygen atoms in total. The fourth-order valence-electron chi connectivity index (χ4n) is 1.25. The second-order valence-electron chi connectivity index (χ2n) is 3.58. The molecule has 2 aromatic heterocycles. The molecule has 0 radical (unpaired) electrons. The molecule has 96 valence electrons. The molecular formula is C11H12N2O3S2. The molecule has 0 saturated carbocycles. The lowest BCUT2D eigenvalue weighted by molar-refractivity contribution is -0.137. The van der Waals surface area contributed by atoms with Gasteiger partial charge in [-0.1, -0.05) is 0 Å². The Kier molecular flexibility index (Phi) is 4.40. The smallest absolute Gasteiger partial charge is 0.321 e. The lowest BCUT2D eigenvalue weighted by atomic mass is 10.4. The van der Waals surface area contributed by atoms with Gasteiger partial charge in [-0.15, -0.1) is 11.3 Å². The van der Waals surface area contributed by atoms with Crippen LogP contribution >= 0.6 is 23.1 Å². The van der Waals surface area contributed by atoms with Gasteiger partial charge in [0.2, 0.25) is 0 Å². The Morgan fingerprint density at radius 1 is 1.67 bits per heavy atom. The Bertz CT molecular complexity index is 510. The van der Waals surface area contributed by atoms with Crippen LogP contribution in [-0.4, -0.2) is 27.9 Å². The van der Waals surface area contributed by atoms with Crippen LogP contribution in [0.5, 0.6) is 0 Å². The van der Waals surface area contributed by atoms with Crippen LogP contribution in [-0.2, 0) is 10.5 Å².